The van der Waals surface area contributed by atoms with Crippen LogP contribution in [0.2, 0.25) is 0 Å². The second-order valence-electron chi connectivity index (χ2n) is 5.82. The molecule has 0 saturated carbocycles. The Hall–Kier alpha value is -1.93. The molecule has 1 aliphatic heterocycles. The van der Waals surface area contributed by atoms with Gasteiger partial charge in [-0.25, -0.2) is 4.99 Å². The first-order valence-electron chi connectivity index (χ1n) is 11.0. The summed E-state index contributed by atoms with van der Waals surface area (Å²) in [6.45, 7) is 14.4. The van der Waals surface area contributed by atoms with E-state index in [1.54, 1.807) is 15.9 Å². The fraction of sp³-hybridized carbons (Fsp3) is 0.591. The average Bonchev–Trinajstić information content (AvgIpc) is 3.27. The van der Waals surface area contributed by atoms with Gasteiger partial charge < -0.3 is 11.1 Å². The molecular formula is C22H42BrN7. The van der Waals surface area contributed by atoms with Gasteiger partial charge in [-0.3, -0.25) is 5.43 Å². The molecule has 8 heteroatoms. The van der Waals surface area contributed by atoms with Crippen molar-refractivity contribution < 1.29 is 0 Å². The first kappa shape index (κ1) is 30.3. The summed E-state index contributed by atoms with van der Waals surface area (Å²) in [7, 11) is 0. The summed E-state index contributed by atoms with van der Waals surface area (Å²) in [5.74, 6) is 1.76. The molecule has 0 fully saturated rings. The fourth-order valence-electron chi connectivity index (χ4n) is 1.99. The highest BCUT2D eigenvalue weighted by Gasteiger charge is 2.01. The zero-order valence-electron chi connectivity index (χ0n) is 19.6. The highest BCUT2D eigenvalue weighted by atomic mass is 79.9. The molecule has 0 amide bonds. The molecule has 7 nitrogen and oxygen atoms in total. The molecule has 4 N–H and O–H groups in total. The Labute approximate surface area is 192 Å². The zero-order valence-corrected chi connectivity index (χ0v) is 21.2. The van der Waals surface area contributed by atoms with E-state index in [9.17, 15) is 0 Å². The Morgan fingerprint density at radius 3 is 2.53 bits per heavy atom. The van der Waals surface area contributed by atoms with E-state index in [1.807, 2.05) is 58.5 Å². The van der Waals surface area contributed by atoms with Crippen molar-refractivity contribution in [2.24, 2.45) is 21.7 Å². The predicted octanol–water partition coefficient (Wildman–Crippen LogP) is 5.64. The van der Waals surface area contributed by atoms with Crippen LogP contribution in [0, 0.1) is 5.92 Å². The van der Waals surface area contributed by atoms with Crippen molar-refractivity contribution in [3.63, 3.8) is 0 Å². The number of hydrogen-bond donors (Lipinski definition) is 3. The topological polar surface area (TPSA) is 92.6 Å². The minimum absolute atomic E-state index is 0.501. The largest absolute Gasteiger partial charge is 0.383 e. The average molecular weight is 485 g/mol. The number of nitrogens with one attached hydrogen (secondary N) is 2. The third-order valence-corrected chi connectivity index (χ3v) is 3.92. The molecule has 1 aliphatic rings. The van der Waals surface area contributed by atoms with Crippen LogP contribution in [0.15, 0.2) is 39.6 Å². The van der Waals surface area contributed by atoms with Crippen molar-refractivity contribution in [3.05, 3.63) is 29.5 Å². The van der Waals surface area contributed by atoms with Crippen LogP contribution in [0.25, 0.3) is 5.82 Å². The van der Waals surface area contributed by atoms with Crippen molar-refractivity contribution in [1.82, 2.24) is 20.5 Å². The van der Waals surface area contributed by atoms with E-state index in [2.05, 4.69) is 55.7 Å². The fourth-order valence-corrected chi connectivity index (χ4v) is 2.18. The van der Waals surface area contributed by atoms with Gasteiger partial charge >= 0.3 is 0 Å². The van der Waals surface area contributed by atoms with Crippen LogP contribution in [0.3, 0.4) is 0 Å². The number of rotatable bonds is 9. The van der Waals surface area contributed by atoms with E-state index in [1.165, 1.54) is 12.8 Å². The minimum Gasteiger partial charge on any atom is -0.383 e. The summed E-state index contributed by atoms with van der Waals surface area (Å²) >= 11 is 3.19. The predicted molar refractivity (Wildman–Crippen MR) is 137 cm³/mol. The lowest BCUT2D eigenvalue weighted by atomic mass is 10.2. The van der Waals surface area contributed by atoms with E-state index >= 15 is 0 Å². The molecule has 2 rings (SSSR count). The molecule has 1 aromatic heterocycles. The highest BCUT2D eigenvalue weighted by molar-refractivity contribution is 9.11. The maximum Gasteiger partial charge on any atom is 0.156 e. The molecule has 0 bridgehead atoms. The third kappa shape index (κ3) is 15.9. The van der Waals surface area contributed by atoms with Crippen molar-refractivity contribution in [2.75, 3.05) is 13.1 Å². The molecule has 1 aromatic rings. The number of nitrogens with two attached hydrogens (primary N) is 1. The summed E-state index contributed by atoms with van der Waals surface area (Å²) < 4.78 is 1.59. The number of aromatic nitrogens is 2. The first-order valence-corrected chi connectivity index (χ1v) is 11.9. The summed E-state index contributed by atoms with van der Waals surface area (Å²) in [4.78, 5) is 6.00. The van der Waals surface area contributed by atoms with E-state index in [-0.39, 0.29) is 0 Å². The first-order chi connectivity index (χ1) is 14.7. The van der Waals surface area contributed by atoms with E-state index in [0.717, 1.165) is 31.7 Å². The number of nitrogens with zero attached hydrogens (tertiary/aromatic N) is 4. The lowest BCUT2D eigenvalue weighted by Gasteiger charge is -2.02. The normalized spacial score (nSPS) is 14.6. The van der Waals surface area contributed by atoms with Gasteiger partial charge in [0.05, 0.1) is 6.20 Å². The second-order valence-corrected chi connectivity index (χ2v) is 6.28. The Morgan fingerprint density at radius 1 is 1.30 bits per heavy atom. The molecule has 0 spiro atoms. The highest BCUT2D eigenvalue weighted by Crippen LogP contribution is 2.14. The molecule has 0 radical (unpaired) electrons. The van der Waals surface area contributed by atoms with Gasteiger partial charge in [-0.05, 0) is 32.4 Å². The lowest BCUT2D eigenvalue weighted by Crippen LogP contribution is -2.16. The monoisotopic (exact) mass is 483 g/mol. The number of hydrogen-bond acceptors (Lipinski definition) is 6. The molecule has 1 unspecified atom stereocenters. The molecular weight excluding hydrogens is 442 g/mol. The third-order valence-electron chi connectivity index (χ3n) is 3.46. The van der Waals surface area contributed by atoms with Gasteiger partial charge in [0, 0.05) is 35.6 Å². The summed E-state index contributed by atoms with van der Waals surface area (Å²) in [6, 6.07) is 1.83. The van der Waals surface area contributed by atoms with Crippen molar-refractivity contribution in [1.29, 1.82) is 0 Å². The molecule has 172 valence electrons. The van der Waals surface area contributed by atoms with Crippen LogP contribution in [-0.2, 0) is 0 Å². The lowest BCUT2D eigenvalue weighted by molar-refractivity contribution is 0.625. The van der Waals surface area contributed by atoms with Gasteiger partial charge in [0.25, 0.3) is 0 Å². The number of allylic oxidation sites excluding steroid dienone is 1. The number of halogens is 1. The quantitative estimate of drug-likeness (QED) is 0.312. The summed E-state index contributed by atoms with van der Waals surface area (Å²) in [6.07, 6.45) is 13.9. The molecule has 0 aliphatic carbocycles. The zero-order chi connectivity index (χ0) is 23.0. The molecule has 30 heavy (non-hydrogen) atoms. The smallest absolute Gasteiger partial charge is 0.156 e. The van der Waals surface area contributed by atoms with Crippen LogP contribution in [0.5, 0.6) is 0 Å². The Balaban J connectivity index is 0. The van der Waals surface area contributed by atoms with Crippen molar-refractivity contribution >= 4 is 40.0 Å². The van der Waals surface area contributed by atoms with Crippen molar-refractivity contribution in [3.8, 4) is 0 Å². The van der Waals surface area contributed by atoms with Gasteiger partial charge in [-0.1, -0.05) is 70.0 Å². The van der Waals surface area contributed by atoms with E-state index in [4.69, 9.17) is 5.73 Å². The summed E-state index contributed by atoms with van der Waals surface area (Å²) in [5.41, 5.74) is 8.47. The van der Waals surface area contributed by atoms with Crippen LogP contribution in [0.1, 0.15) is 67.2 Å². The van der Waals surface area contributed by atoms with Gasteiger partial charge in [0.1, 0.15) is 5.82 Å². The standard InChI is InChI=1S/C13H22BrN5.C5H8N2.2C2H6/c1-2-3-7-16-8-4-5-9-17-13-6-10-18-19(13)12(15)11-14;1-5-2-3-6-7-4-5;2*1-2/h6,9-11,16H,2-5,7-8,15H2,1H3;2-6H,1H3;2*1-2H3/b12-11+,17-9+;;;. The van der Waals surface area contributed by atoms with Crippen LogP contribution < -0.4 is 16.5 Å². The summed E-state index contributed by atoms with van der Waals surface area (Å²) in [5, 5.41) is 11.3. The Kier molecular flexibility index (Phi) is 23.6. The van der Waals surface area contributed by atoms with Gasteiger partial charge in [0.2, 0.25) is 0 Å². The maximum absolute atomic E-state index is 5.77. The Bertz CT molecular complexity index is 594. The van der Waals surface area contributed by atoms with Gasteiger partial charge in [0.15, 0.2) is 5.82 Å². The Morgan fingerprint density at radius 2 is 2.00 bits per heavy atom. The number of unbranched alkanes of at least 4 members (excludes halogenated alkanes) is 2. The molecule has 1 atom stereocenters. The van der Waals surface area contributed by atoms with Crippen molar-refractivity contribution in [2.45, 2.75) is 67.2 Å². The second kappa shape index (κ2) is 23.3. The van der Waals surface area contributed by atoms with Crippen LogP contribution in [0.4, 0.5) is 5.82 Å². The maximum atomic E-state index is 5.77. The van der Waals surface area contributed by atoms with E-state index < -0.39 is 0 Å². The van der Waals surface area contributed by atoms with E-state index in [0.29, 0.717) is 11.7 Å². The molecule has 0 saturated heterocycles. The molecule has 2 heterocycles. The number of hydrazone groups is 1. The van der Waals surface area contributed by atoms with Gasteiger partial charge in [-0.2, -0.15) is 14.9 Å². The minimum atomic E-state index is 0.501. The van der Waals surface area contributed by atoms with Gasteiger partial charge in [-0.15, -0.1) is 0 Å². The molecule has 0 aromatic carbocycles. The van der Waals surface area contributed by atoms with Crippen LogP contribution in [-0.4, -0.2) is 35.3 Å². The number of aliphatic imine (C=N–C) groups is 1. The SMILES string of the molecule is CC.CC.CC1C=CNN=C1.CCCCNCCC/C=N/c1ccnn1/C(N)=C/Br. The van der Waals surface area contributed by atoms with Crippen LogP contribution >= 0.6 is 15.9 Å².